The molecule has 15 heavy (non-hydrogen) atoms. The first kappa shape index (κ1) is 12.2. The van der Waals surface area contributed by atoms with E-state index in [0.717, 1.165) is 25.9 Å². The van der Waals surface area contributed by atoms with E-state index in [1.54, 1.807) is 7.11 Å². The fraction of sp³-hybridized carbons (Fsp3) is 0.727. The van der Waals surface area contributed by atoms with Crippen LogP contribution in [0.25, 0.3) is 0 Å². The van der Waals surface area contributed by atoms with Crippen molar-refractivity contribution in [1.82, 2.24) is 15.1 Å². The maximum Gasteiger partial charge on any atom is 0.0615 e. The molecule has 0 fully saturated rings. The van der Waals surface area contributed by atoms with E-state index in [9.17, 15) is 0 Å². The molecule has 0 bridgehead atoms. The van der Waals surface area contributed by atoms with Gasteiger partial charge in [0.2, 0.25) is 0 Å². The number of likely N-dealkylation sites (N-methyl/N-ethyl adjacent to an activating group) is 1. The van der Waals surface area contributed by atoms with Crippen molar-refractivity contribution in [1.29, 1.82) is 0 Å². The third-order valence-corrected chi connectivity index (χ3v) is 2.68. The van der Waals surface area contributed by atoms with Crippen LogP contribution in [-0.4, -0.2) is 36.6 Å². The molecule has 4 heteroatoms. The van der Waals surface area contributed by atoms with E-state index in [2.05, 4.69) is 16.5 Å². The Morgan fingerprint density at radius 1 is 1.60 bits per heavy atom. The van der Waals surface area contributed by atoms with Crippen LogP contribution in [0.1, 0.15) is 18.5 Å². The standard InChI is InChI=1S/C11H21N3O/c1-12-10(9-15-3)5-4-6-11-7-8-13-14(11)2/h7-8,10,12H,4-6,9H2,1-3H3. The summed E-state index contributed by atoms with van der Waals surface area (Å²) in [5, 5.41) is 7.40. The summed E-state index contributed by atoms with van der Waals surface area (Å²) in [6.45, 7) is 0.780. The molecule has 0 saturated heterocycles. The Morgan fingerprint density at radius 3 is 2.93 bits per heavy atom. The number of aryl methyl sites for hydroxylation is 2. The van der Waals surface area contributed by atoms with Gasteiger partial charge in [-0.15, -0.1) is 0 Å². The highest BCUT2D eigenvalue weighted by Gasteiger charge is 2.05. The highest BCUT2D eigenvalue weighted by Crippen LogP contribution is 2.05. The van der Waals surface area contributed by atoms with Gasteiger partial charge in [-0.25, -0.2) is 0 Å². The quantitative estimate of drug-likeness (QED) is 0.730. The van der Waals surface area contributed by atoms with Crippen LogP contribution in [-0.2, 0) is 18.2 Å². The molecule has 1 atom stereocenters. The van der Waals surface area contributed by atoms with E-state index < -0.39 is 0 Å². The minimum absolute atomic E-state index is 0.461. The first-order valence-electron chi connectivity index (χ1n) is 5.41. The van der Waals surface area contributed by atoms with Gasteiger partial charge in [-0.2, -0.15) is 5.10 Å². The fourth-order valence-corrected chi connectivity index (χ4v) is 1.69. The minimum atomic E-state index is 0.461. The van der Waals surface area contributed by atoms with Gasteiger partial charge in [0.15, 0.2) is 0 Å². The first-order chi connectivity index (χ1) is 7.27. The van der Waals surface area contributed by atoms with Gasteiger partial charge in [0.1, 0.15) is 0 Å². The average Bonchev–Trinajstić information content (AvgIpc) is 2.63. The van der Waals surface area contributed by atoms with Crippen molar-refractivity contribution in [3.8, 4) is 0 Å². The maximum absolute atomic E-state index is 5.13. The zero-order chi connectivity index (χ0) is 11.1. The lowest BCUT2D eigenvalue weighted by atomic mass is 10.1. The molecule has 1 unspecified atom stereocenters. The van der Waals surface area contributed by atoms with Crippen LogP contribution in [0.5, 0.6) is 0 Å². The van der Waals surface area contributed by atoms with Gasteiger partial charge in [0.05, 0.1) is 6.61 Å². The van der Waals surface area contributed by atoms with Gasteiger partial charge in [-0.1, -0.05) is 0 Å². The lowest BCUT2D eigenvalue weighted by Crippen LogP contribution is -2.29. The molecule has 1 heterocycles. The average molecular weight is 211 g/mol. The molecular weight excluding hydrogens is 190 g/mol. The van der Waals surface area contributed by atoms with Gasteiger partial charge >= 0.3 is 0 Å². The van der Waals surface area contributed by atoms with Crippen LogP contribution in [0, 0.1) is 0 Å². The van der Waals surface area contributed by atoms with Crippen molar-refractivity contribution in [2.45, 2.75) is 25.3 Å². The number of hydrogen-bond acceptors (Lipinski definition) is 3. The number of aromatic nitrogens is 2. The Kier molecular flexibility index (Phi) is 5.36. The van der Waals surface area contributed by atoms with Crippen LogP contribution in [0.3, 0.4) is 0 Å². The molecule has 4 nitrogen and oxygen atoms in total. The van der Waals surface area contributed by atoms with Crippen LogP contribution < -0.4 is 5.32 Å². The number of ether oxygens (including phenoxy) is 1. The molecule has 0 aromatic carbocycles. The Labute approximate surface area is 91.6 Å². The van der Waals surface area contributed by atoms with Crippen LogP contribution >= 0.6 is 0 Å². The smallest absolute Gasteiger partial charge is 0.0615 e. The lowest BCUT2D eigenvalue weighted by molar-refractivity contribution is 0.165. The molecule has 1 aromatic rings. The molecule has 86 valence electrons. The largest absolute Gasteiger partial charge is 0.383 e. The number of methoxy groups -OCH3 is 1. The monoisotopic (exact) mass is 211 g/mol. The summed E-state index contributed by atoms with van der Waals surface area (Å²) in [6, 6.07) is 2.54. The predicted octanol–water partition coefficient (Wildman–Crippen LogP) is 0.977. The predicted molar refractivity (Wildman–Crippen MR) is 60.9 cm³/mol. The summed E-state index contributed by atoms with van der Waals surface area (Å²) in [4.78, 5) is 0. The van der Waals surface area contributed by atoms with Gasteiger partial charge < -0.3 is 10.1 Å². The second kappa shape index (κ2) is 6.58. The van der Waals surface area contributed by atoms with Crippen LogP contribution in [0.15, 0.2) is 12.3 Å². The van der Waals surface area contributed by atoms with Crippen molar-refractivity contribution >= 4 is 0 Å². The fourth-order valence-electron chi connectivity index (χ4n) is 1.69. The topological polar surface area (TPSA) is 39.1 Å². The molecule has 0 amide bonds. The molecule has 1 aromatic heterocycles. The number of nitrogens with one attached hydrogen (secondary N) is 1. The zero-order valence-corrected chi connectivity index (χ0v) is 9.86. The molecule has 0 spiro atoms. The number of nitrogens with zero attached hydrogens (tertiary/aromatic N) is 2. The van der Waals surface area contributed by atoms with Crippen molar-refractivity contribution < 1.29 is 4.74 Å². The summed E-state index contributed by atoms with van der Waals surface area (Å²) in [7, 11) is 5.71. The third kappa shape index (κ3) is 4.01. The number of rotatable bonds is 7. The van der Waals surface area contributed by atoms with E-state index in [1.807, 2.05) is 25.0 Å². The molecule has 0 radical (unpaired) electrons. The minimum Gasteiger partial charge on any atom is -0.383 e. The van der Waals surface area contributed by atoms with Gasteiger partial charge in [-0.3, -0.25) is 4.68 Å². The molecular formula is C11H21N3O. The van der Waals surface area contributed by atoms with Crippen LogP contribution in [0.2, 0.25) is 0 Å². The summed E-state index contributed by atoms with van der Waals surface area (Å²) in [6.07, 6.45) is 5.22. The van der Waals surface area contributed by atoms with E-state index >= 15 is 0 Å². The summed E-state index contributed by atoms with van der Waals surface area (Å²) in [5.74, 6) is 0. The van der Waals surface area contributed by atoms with Crippen LogP contribution in [0.4, 0.5) is 0 Å². The van der Waals surface area contributed by atoms with Gasteiger partial charge in [0.25, 0.3) is 0 Å². The van der Waals surface area contributed by atoms with E-state index in [4.69, 9.17) is 4.74 Å². The summed E-state index contributed by atoms with van der Waals surface area (Å²) < 4.78 is 7.06. The second-order valence-corrected chi connectivity index (χ2v) is 3.78. The van der Waals surface area contributed by atoms with Crippen molar-refractivity contribution in [2.75, 3.05) is 20.8 Å². The summed E-state index contributed by atoms with van der Waals surface area (Å²) >= 11 is 0. The van der Waals surface area contributed by atoms with Crippen molar-refractivity contribution in [2.24, 2.45) is 7.05 Å². The third-order valence-electron chi connectivity index (χ3n) is 2.68. The van der Waals surface area contributed by atoms with Crippen molar-refractivity contribution in [3.63, 3.8) is 0 Å². The lowest BCUT2D eigenvalue weighted by Gasteiger charge is -2.14. The van der Waals surface area contributed by atoms with E-state index in [0.29, 0.717) is 6.04 Å². The Hall–Kier alpha value is -0.870. The second-order valence-electron chi connectivity index (χ2n) is 3.78. The Bertz CT molecular complexity index is 273. The molecule has 0 aliphatic carbocycles. The Balaban J connectivity index is 2.23. The maximum atomic E-state index is 5.13. The molecule has 0 saturated carbocycles. The molecule has 1 rings (SSSR count). The van der Waals surface area contributed by atoms with E-state index in [-0.39, 0.29) is 0 Å². The highest BCUT2D eigenvalue weighted by molar-refractivity contribution is 4.99. The van der Waals surface area contributed by atoms with Gasteiger partial charge in [0, 0.05) is 32.1 Å². The van der Waals surface area contributed by atoms with Crippen molar-refractivity contribution in [3.05, 3.63) is 18.0 Å². The van der Waals surface area contributed by atoms with E-state index in [1.165, 1.54) is 5.69 Å². The van der Waals surface area contributed by atoms with Gasteiger partial charge in [-0.05, 0) is 32.4 Å². The molecule has 0 aliphatic heterocycles. The summed E-state index contributed by atoms with van der Waals surface area (Å²) in [5.41, 5.74) is 1.29. The Morgan fingerprint density at radius 2 is 2.40 bits per heavy atom. The molecule has 0 aliphatic rings. The molecule has 1 N–H and O–H groups in total. The zero-order valence-electron chi connectivity index (χ0n) is 9.86. The number of hydrogen-bond donors (Lipinski definition) is 1. The SMILES string of the molecule is CNC(CCCc1ccnn1C)COC. The highest BCUT2D eigenvalue weighted by atomic mass is 16.5. The normalized spacial score (nSPS) is 13.0. The first-order valence-corrected chi connectivity index (χ1v) is 5.41.